The van der Waals surface area contributed by atoms with Crippen molar-refractivity contribution in [2.75, 3.05) is 13.1 Å². The molecule has 1 aromatic carbocycles. The second kappa shape index (κ2) is 8.91. The lowest BCUT2D eigenvalue weighted by molar-refractivity contribution is -0.127. The number of ketones is 1. The van der Waals surface area contributed by atoms with Gasteiger partial charge >= 0.3 is 6.09 Å². The Bertz CT molecular complexity index is 967. The van der Waals surface area contributed by atoms with Crippen LogP contribution in [0.3, 0.4) is 0 Å². The third kappa shape index (κ3) is 5.31. The van der Waals surface area contributed by atoms with Crippen LogP contribution in [0.5, 0.6) is 0 Å². The zero-order chi connectivity index (χ0) is 22.8. The van der Waals surface area contributed by atoms with E-state index < -0.39 is 23.4 Å². The summed E-state index contributed by atoms with van der Waals surface area (Å²) in [6.07, 6.45) is 0.673. The Balaban J connectivity index is 1.64. The number of ether oxygens (including phenoxy) is 1. The van der Waals surface area contributed by atoms with Crippen molar-refractivity contribution in [3.8, 4) is 5.69 Å². The average molecular weight is 427 g/mol. The topological polar surface area (TPSA) is 93.5 Å². The molecule has 1 aliphatic heterocycles. The Morgan fingerprint density at radius 3 is 2.26 bits per heavy atom. The fraction of sp³-hybridized carbons (Fsp3) is 0.478. The van der Waals surface area contributed by atoms with E-state index in [-0.39, 0.29) is 6.04 Å². The van der Waals surface area contributed by atoms with Gasteiger partial charge in [0.25, 0.3) is 11.7 Å². The second-order valence-corrected chi connectivity index (χ2v) is 8.84. The van der Waals surface area contributed by atoms with Gasteiger partial charge in [-0.2, -0.15) is 5.10 Å². The van der Waals surface area contributed by atoms with Crippen molar-refractivity contribution in [1.82, 2.24) is 20.0 Å². The highest BCUT2D eigenvalue weighted by Crippen LogP contribution is 2.20. The summed E-state index contributed by atoms with van der Waals surface area (Å²) in [7, 11) is 0. The molecule has 1 aliphatic rings. The smallest absolute Gasteiger partial charge is 0.407 e. The summed E-state index contributed by atoms with van der Waals surface area (Å²) in [6, 6.07) is 9.42. The van der Waals surface area contributed by atoms with Crippen LogP contribution < -0.4 is 5.32 Å². The summed E-state index contributed by atoms with van der Waals surface area (Å²) in [6.45, 7) is 9.76. The summed E-state index contributed by atoms with van der Waals surface area (Å²) in [4.78, 5) is 39.4. The molecule has 8 heteroatoms. The number of aryl methyl sites for hydroxylation is 1. The molecular weight excluding hydrogens is 396 g/mol. The van der Waals surface area contributed by atoms with Crippen LogP contribution >= 0.6 is 0 Å². The van der Waals surface area contributed by atoms with E-state index in [2.05, 4.69) is 10.4 Å². The summed E-state index contributed by atoms with van der Waals surface area (Å²) in [5.74, 6) is -1.08. The minimum absolute atomic E-state index is 0.0849. The molecule has 1 N–H and O–H groups in total. The maximum atomic E-state index is 13.0. The molecule has 8 nitrogen and oxygen atoms in total. The molecule has 0 aliphatic carbocycles. The van der Waals surface area contributed by atoms with Crippen LogP contribution in [0, 0.1) is 13.8 Å². The van der Waals surface area contributed by atoms with Crippen LogP contribution in [0.15, 0.2) is 30.3 Å². The highest BCUT2D eigenvalue weighted by atomic mass is 16.6. The summed E-state index contributed by atoms with van der Waals surface area (Å²) in [5.41, 5.74) is 1.80. The molecule has 1 fully saturated rings. The summed E-state index contributed by atoms with van der Waals surface area (Å²) < 4.78 is 6.97. The highest BCUT2D eigenvalue weighted by Gasteiger charge is 2.32. The number of rotatable bonds is 4. The molecule has 1 aromatic heterocycles. The second-order valence-electron chi connectivity index (χ2n) is 8.84. The molecule has 0 spiro atoms. The van der Waals surface area contributed by atoms with Crippen molar-refractivity contribution >= 4 is 17.8 Å². The number of hydrogen-bond donors (Lipinski definition) is 1. The van der Waals surface area contributed by atoms with Crippen LogP contribution in [0.4, 0.5) is 4.79 Å². The van der Waals surface area contributed by atoms with Gasteiger partial charge in [-0.05, 0) is 59.6 Å². The molecule has 2 aromatic rings. The third-order valence-electron chi connectivity index (χ3n) is 5.22. The van der Waals surface area contributed by atoms with Crippen molar-refractivity contribution in [2.45, 2.75) is 59.1 Å². The van der Waals surface area contributed by atoms with E-state index in [1.807, 2.05) is 51.1 Å². The lowest BCUT2D eigenvalue weighted by Crippen LogP contribution is -2.49. The van der Waals surface area contributed by atoms with Gasteiger partial charge in [0.2, 0.25) is 0 Å². The zero-order valence-corrected chi connectivity index (χ0v) is 18.8. The molecule has 0 bridgehead atoms. The first kappa shape index (κ1) is 22.5. The van der Waals surface area contributed by atoms with Crippen molar-refractivity contribution in [3.05, 3.63) is 47.3 Å². The summed E-state index contributed by atoms with van der Waals surface area (Å²) >= 11 is 0. The molecule has 2 heterocycles. The van der Waals surface area contributed by atoms with Gasteiger partial charge in [0.1, 0.15) is 5.60 Å². The van der Waals surface area contributed by atoms with Gasteiger partial charge in [-0.15, -0.1) is 0 Å². The first-order valence-corrected chi connectivity index (χ1v) is 10.5. The van der Waals surface area contributed by atoms with Crippen molar-refractivity contribution in [1.29, 1.82) is 0 Å². The Kier molecular flexibility index (Phi) is 6.48. The minimum atomic E-state index is -0.562. The molecule has 0 radical (unpaired) electrons. The number of aromatic nitrogens is 2. The molecule has 2 amide bonds. The van der Waals surface area contributed by atoms with E-state index in [1.54, 1.807) is 23.4 Å². The Hall–Kier alpha value is -3.16. The van der Waals surface area contributed by atoms with Gasteiger partial charge in [0.05, 0.1) is 22.6 Å². The average Bonchev–Trinajstić information content (AvgIpc) is 3.00. The van der Waals surface area contributed by atoms with E-state index in [0.717, 1.165) is 5.69 Å². The van der Waals surface area contributed by atoms with Crippen LogP contribution in [0.25, 0.3) is 5.69 Å². The molecule has 1 saturated heterocycles. The SMILES string of the molecule is Cc1nn(-c2ccccc2)c(C)c1C(=O)C(=O)N1CCC(NC(=O)OC(C)(C)C)CC1. The van der Waals surface area contributed by atoms with E-state index in [0.29, 0.717) is 42.9 Å². The Morgan fingerprint density at radius 1 is 1.06 bits per heavy atom. The normalized spacial score (nSPS) is 14.9. The Labute approximate surface area is 182 Å². The predicted octanol–water partition coefficient (Wildman–Crippen LogP) is 3.19. The van der Waals surface area contributed by atoms with Crippen molar-refractivity contribution in [2.24, 2.45) is 0 Å². The number of para-hydroxylation sites is 1. The van der Waals surface area contributed by atoms with Gasteiger partial charge < -0.3 is 15.0 Å². The standard InChI is InChI=1S/C23H30N4O4/c1-15-19(16(2)27(25-15)18-9-7-6-8-10-18)20(28)21(29)26-13-11-17(12-14-26)24-22(30)31-23(3,4)5/h6-10,17H,11-14H2,1-5H3,(H,24,30). The number of nitrogens with zero attached hydrogens (tertiary/aromatic N) is 3. The fourth-order valence-electron chi connectivity index (χ4n) is 3.74. The Morgan fingerprint density at radius 2 is 1.68 bits per heavy atom. The molecule has 3 rings (SSSR count). The van der Waals surface area contributed by atoms with E-state index in [9.17, 15) is 14.4 Å². The number of alkyl carbamates (subject to hydrolysis) is 1. The maximum absolute atomic E-state index is 13.0. The van der Waals surface area contributed by atoms with Crippen LogP contribution in [0.2, 0.25) is 0 Å². The van der Waals surface area contributed by atoms with E-state index in [1.165, 1.54) is 0 Å². The lowest BCUT2D eigenvalue weighted by atomic mass is 10.0. The van der Waals surface area contributed by atoms with Crippen molar-refractivity contribution < 1.29 is 19.1 Å². The molecule has 31 heavy (non-hydrogen) atoms. The molecule has 0 atom stereocenters. The van der Waals surface area contributed by atoms with Crippen LogP contribution in [-0.2, 0) is 9.53 Å². The monoisotopic (exact) mass is 426 g/mol. The van der Waals surface area contributed by atoms with E-state index in [4.69, 9.17) is 4.74 Å². The molecule has 166 valence electrons. The number of carbonyl (C=O) groups excluding carboxylic acids is 3. The van der Waals surface area contributed by atoms with Crippen LogP contribution in [0.1, 0.15) is 55.4 Å². The number of piperidine rings is 1. The van der Waals surface area contributed by atoms with Gasteiger partial charge in [-0.3, -0.25) is 9.59 Å². The van der Waals surface area contributed by atoms with E-state index >= 15 is 0 Å². The number of hydrogen-bond acceptors (Lipinski definition) is 5. The quantitative estimate of drug-likeness (QED) is 0.599. The molecule has 0 saturated carbocycles. The largest absolute Gasteiger partial charge is 0.444 e. The number of likely N-dealkylation sites (tertiary alicyclic amines) is 1. The fourth-order valence-corrected chi connectivity index (χ4v) is 3.74. The minimum Gasteiger partial charge on any atom is -0.444 e. The number of Topliss-reactive ketones (excluding diaryl/α,β-unsaturated/α-hetero) is 1. The number of carbonyl (C=O) groups is 3. The predicted molar refractivity (Wildman–Crippen MR) is 116 cm³/mol. The summed E-state index contributed by atoms with van der Waals surface area (Å²) in [5, 5.41) is 7.30. The number of amides is 2. The van der Waals surface area contributed by atoms with Gasteiger partial charge in [-0.25, -0.2) is 9.48 Å². The van der Waals surface area contributed by atoms with Gasteiger partial charge in [0, 0.05) is 19.1 Å². The number of nitrogens with one attached hydrogen (secondary N) is 1. The first-order chi connectivity index (χ1) is 14.6. The van der Waals surface area contributed by atoms with Crippen molar-refractivity contribution in [3.63, 3.8) is 0 Å². The molecule has 0 unspecified atom stereocenters. The third-order valence-corrected chi connectivity index (χ3v) is 5.22. The first-order valence-electron chi connectivity index (χ1n) is 10.5. The van der Waals surface area contributed by atoms with Gasteiger partial charge in [-0.1, -0.05) is 18.2 Å². The molecular formula is C23H30N4O4. The highest BCUT2D eigenvalue weighted by molar-refractivity contribution is 6.43. The maximum Gasteiger partial charge on any atom is 0.407 e. The number of benzene rings is 1. The lowest BCUT2D eigenvalue weighted by Gasteiger charge is -2.32. The van der Waals surface area contributed by atoms with Gasteiger partial charge in [0.15, 0.2) is 0 Å². The zero-order valence-electron chi connectivity index (χ0n) is 18.8. The van der Waals surface area contributed by atoms with Crippen LogP contribution in [-0.4, -0.2) is 57.2 Å².